The quantitative estimate of drug-likeness (QED) is 0.878. The number of nitrogens with zero attached hydrogens (tertiary/aromatic N) is 1. The van der Waals surface area contributed by atoms with Gasteiger partial charge < -0.3 is 15.6 Å². The Hall–Kier alpha value is -2.23. The van der Waals surface area contributed by atoms with Crippen LogP contribution in [0.4, 0.5) is 0 Å². The summed E-state index contributed by atoms with van der Waals surface area (Å²) in [4.78, 5) is 17.2. The van der Waals surface area contributed by atoms with Crippen molar-refractivity contribution < 1.29 is 4.79 Å². The molecule has 20 heavy (non-hydrogen) atoms. The van der Waals surface area contributed by atoms with Gasteiger partial charge in [0.2, 0.25) is 5.91 Å². The van der Waals surface area contributed by atoms with Crippen LogP contribution in [-0.2, 0) is 4.79 Å². The van der Waals surface area contributed by atoms with E-state index < -0.39 is 0 Å². The van der Waals surface area contributed by atoms with Crippen molar-refractivity contribution in [3.05, 3.63) is 47.3 Å². The second-order valence-corrected chi connectivity index (χ2v) is 5.48. The van der Waals surface area contributed by atoms with Crippen LogP contribution in [0.3, 0.4) is 0 Å². The first kappa shape index (κ1) is 12.8. The van der Waals surface area contributed by atoms with Gasteiger partial charge >= 0.3 is 0 Å². The number of para-hydroxylation sites is 1. The predicted molar refractivity (Wildman–Crippen MR) is 80.3 cm³/mol. The molecular weight excluding hydrogens is 250 g/mol. The topological polar surface area (TPSA) is 62.1 Å². The van der Waals surface area contributed by atoms with Crippen LogP contribution in [0.25, 0.3) is 10.9 Å². The van der Waals surface area contributed by atoms with Crippen LogP contribution in [-0.4, -0.2) is 29.4 Å². The van der Waals surface area contributed by atoms with Crippen molar-refractivity contribution in [3.8, 4) is 0 Å². The lowest BCUT2D eigenvalue weighted by Crippen LogP contribution is -2.29. The summed E-state index contributed by atoms with van der Waals surface area (Å²) in [6, 6.07) is 8.21. The molecule has 0 radical (unpaired) electrons. The Balaban J connectivity index is 2.17. The van der Waals surface area contributed by atoms with Crippen LogP contribution in [0.1, 0.15) is 23.6 Å². The molecule has 2 heterocycles. The van der Waals surface area contributed by atoms with E-state index in [1.807, 2.05) is 30.3 Å². The molecule has 1 aliphatic heterocycles. The maximum Gasteiger partial charge on any atom is 0.246 e. The summed E-state index contributed by atoms with van der Waals surface area (Å²) in [7, 11) is 1.97. The molecule has 1 aromatic heterocycles. The van der Waals surface area contributed by atoms with E-state index in [4.69, 9.17) is 5.73 Å². The van der Waals surface area contributed by atoms with Crippen LogP contribution in [0.2, 0.25) is 0 Å². The number of aromatic amines is 1. The Kier molecular flexibility index (Phi) is 3.01. The second-order valence-electron chi connectivity index (χ2n) is 5.48. The minimum atomic E-state index is -0.328. The van der Waals surface area contributed by atoms with Crippen molar-refractivity contribution in [2.45, 2.75) is 19.3 Å². The summed E-state index contributed by atoms with van der Waals surface area (Å²) in [5.74, 6) is -0.244. The van der Waals surface area contributed by atoms with Gasteiger partial charge in [-0.3, -0.25) is 4.79 Å². The standard InChI is InChI=1S/C16H19N3O/c1-10-15(12-5-3-4-6-14(12)18-10)11-7-8-19(2)9-13(11)16(17)20/h3-6,9,11,18H,7-8H2,1-2H3,(H2,17,20). The first-order valence-corrected chi connectivity index (χ1v) is 6.87. The lowest BCUT2D eigenvalue weighted by Gasteiger charge is -2.29. The third-order valence-electron chi connectivity index (χ3n) is 4.08. The molecule has 104 valence electrons. The zero-order valence-electron chi connectivity index (χ0n) is 11.8. The molecular formula is C16H19N3O. The van der Waals surface area contributed by atoms with Gasteiger partial charge in [0.15, 0.2) is 0 Å². The maximum atomic E-state index is 11.8. The van der Waals surface area contributed by atoms with Crippen LogP contribution < -0.4 is 5.73 Å². The summed E-state index contributed by atoms with van der Waals surface area (Å²) in [5.41, 5.74) is 9.72. The monoisotopic (exact) mass is 269 g/mol. The number of amides is 1. The Morgan fingerprint density at radius 2 is 2.15 bits per heavy atom. The molecule has 1 atom stereocenters. The van der Waals surface area contributed by atoms with Crippen LogP contribution in [0, 0.1) is 6.92 Å². The number of carbonyl (C=O) groups excluding carboxylic acids is 1. The number of aryl methyl sites for hydroxylation is 1. The fourth-order valence-corrected chi connectivity index (χ4v) is 3.16. The van der Waals surface area contributed by atoms with Gasteiger partial charge in [0.05, 0.1) is 0 Å². The fourth-order valence-electron chi connectivity index (χ4n) is 3.16. The highest BCUT2D eigenvalue weighted by molar-refractivity contribution is 5.95. The number of rotatable bonds is 2. The predicted octanol–water partition coefficient (Wildman–Crippen LogP) is 2.26. The van der Waals surface area contributed by atoms with Crippen molar-refractivity contribution in [2.24, 2.45) is 5.73 Å². The first-order chi connectivity index (χ1) is 9.58. The van der Waals surface area contributed by atoms with Gasteiger partial charge in [-0.2, -0.15) is 0 Å². The summed E-state index contributed by atoms with van der Waals surface area (Å²) in [5, 5.41) is 1.19. The van der Waals surface area contributed by atoms with Gasteiger partial charge in [-0.15, -0.1) is 0 Å². The number of hydrogen-bond acceptors (Lipinski definition) is 2. The molecule has 3 rings (SSSR count). The molecule has 1 aromatic carbocycles. The highest BCUT2D eigenvalue weighted by Gasteiger charge is 2.28. The maximum absolute atomic E-state index is 11.8. The number of hydrogen-bond donors (Lipinski definition) is 2. The van der Waals surface area contributed by atoms with Crippen molar-refractivity contribution in [1.82, 2.24) is 9.88 Å². The summed E-state index contributed by atoms with van der Waals surface area (Å²) in [6.45, 7) is 2.99. The lowest BCUT2D eigenvalue weighted by atomic mass is 9.84. The van der Waals surface area contributed by atoms with Gasteiger partial charge in [0.1, 0.15) is 0 Å². The molecule has 0 bridgehead atoms. The zero-order chi connectivity index (χ0) is 14.3. The van der Waals surface area contributed by atoms with E-state index in [-0.39, 0.29) is 11.8 Å². The van der Waals surface area contributed by atoms with Gasteiger partial charge in [0.25, 0.3) is 0 Å². The molecule has 2 aromatic rings. The number of nitrogens with one attached hydrogen (secondary N) is 1. The number of benzene rings is 1. The molecule has 0 fully saturated rings. The van der Waals surface area contributed by atoms with Gasteiger partial charge in [0, 0.05) is 47.9 Å². The van der Waals surface area contributed by atoms with E-state index >= 15 is 0 Å². The van der Waals surface area contributed by atoms with E-state index in [0.29, 0.717) is 5.57 Å². The van der Waals surface area contributed by atoms with Crippen molar-refractivity contribution in [1.29, 1.82) is 0 Å². The third kappa shape index (κ3) is 1.97. The fraction of sp³-hybridized carbons (Fsp3) is 0.312. The molecule has 3 N–H and O–H groups in total. The van der Waals surface area contributed by atoms with Gasteiger partial charge in [-0.1, -0.05) is 18.2 Å². The Labute approximate surface area is 118 Å². The average molecular weight is 269 g/mol. The molecule has 0 aliphatic carbocycles. The molecule has 1 amide bonds. The van der Waals surface area contributed by atoms with Crippen LogP contribution in [0.5, 0.6) is 0 Å². The molecule has 0 saturated carbocycles. The number of nitrogens with two attached hydrogens (primary N) is 1. The first-order valence-electron chi connectivity index (χ1n) is 6.87. The summed E-state index contributed by atoms with van der Waals surface area (Å²) < 4.78 is 0. The number of aromatic nitrogens is 1. The number of primary amides is 1. The SMILES string of the molecule is Cc1[nH]c2ccccc2c1C1CCN(C)C=C1C(N)=O. The highest BCUT2D eigenvalue weighted by atomic mass is 16.1. The van der Waals surface area contributed by atoms with Crippen molar-refractivity contribution in [2.75, 3.05) is 13.6 Å². The minimum absolute atomic E-state index is 0.0832. The van der Waals surface area contributed by atoms with Crippen LogP contribution in [0.15, 0.2) is 36.0 Å². The molecule has 0 spiro atoms. The highest BCUT2D eigenvalue weighted by Crippen LogP contribution is 2.37. The van der Waals surface area contributed by atoms with E-state index in [1.165, 1.54) is 10.9 Å². The van der Waals surface area contributed by atoms with E-state index in [2.05, 4.69) is 24.0 Å². The second kappa shape index (κ2) is 4.71. The van der Waals surface area contributed by atoms with Crippen molar-refractivity contribution >= 4 is 16.8 Å². The number of carbonyl (C=O) groups is 1. The zero-order valence-corrected chi connectivity index (χ0v) is 11.8. The number of fused-ring (bicyclic) bond motifs is 1. The summed E-state index contributed by atoms with van der Waals surface area (Å²) >= 11 is 0. The summed E-state index contributed by atoms with van der Waals surface area (Å²) in [6.07, 6.45) is 2.80. The average Bonchev–Trinajstić information content (AvgIpc) is 2.74. The molecule has 1 aliphatic rings. The third-order valence-corrected chi connectivity index (χ3v) is 4.08. The molecule has 4 heteroatoms. The molecule has 4 nitrogen and oxygen atoms in total. The smallest absolute Gasteiger partial charge is 0.246 e. The molecule has 0 saturated heterocycles. The lowest BCUT2D eigenvalue weighted by molar-refractivity contribution is -0.115. The number of H-pyrrole nitrogens is 1. The Bertz CT molecular complexity index is 699. The molecule has 1 unspecified atom stereocenters. The van der Waals surface area contributed by atoms with Crippen LogP contribution >= 0.6 is 0 Å². The Morgan fingerprint density at radius 3 is 2.90 bits per heavy atom. The Morgan fingerprint density at radius 1 is 1.40 bits per heavy atom. The normalized spacial score (nSPS) is 19.2. The van der Waals surface area contributed by atoms with Crippen molar-refractivity contribution in [3.63, 3.8) is 0 Å². The van der Waals surface area contributed by atoms with Gasteiger partial charge in [-0.05, 0) is 25.0 Å². The van der Waals surface area contributed by atoms with Gasteiger partial charge in [-0.25, -0.2) is 0 Å². The van der Waals surface area contributed by atoms with E-state index in [0.717, 1.165) is 24.2 Å². The largest absolute Gasteiger partial charge is 0.380 e. The van der Waals surface area contributed by atoms with E-state index in [1.54, 1.807) is 0 Å². The minimum Gasteiger partial charge on any atom is -0.380 e. The van der Waals surface area contributed by atoms with E-state index in [9.17, 15) is 4.79 Å².